The molecule has 1 saturated heterocycles. The lowest BCUT2D eigenvalue weighted by molar-refractivity contribution is -0.111. The largest absolute Gasteiger partial charge is 0.432 e. The van der Waals surface area contributed by atoms with Gasteiger partial charge in [-0.3, -0.25) is 14.4 Å². The summed E-state index contributed by atoms with van der Waals surface area (Å²) < 4.78 is 33.9. The molecule has 3 aromatic rings. The molecule has 0 radical (unpaired) electrons. The fraction of sp³-hybridized carbons (Fsp3) is 0.345. The number of alkyl halides is 2. The SMILES string of the molecule is C=CC(=O)Nc1cc(N=C(C=C(N)c2ccc3c(cnn3CC)c2)NN)c(OC(F)F)cc1N1C[C@@H](C)N(C)[C@@H](C)C1. The molecule has 2 aromatic carbocycles. The van der Waals surface area contributed by atoms with Gasteiger partial charge < -0.3 is 26.1 Å². The Morgan fingerprint density at radius 2 is 1.98 bits per heavy atom. The van der Waals surface area contributed by atoms with Crippen molar-refractivity contribution in [2.24, 2.45) is 16.6 Å². The van der Waals surface area contributed by atoms with Crippen LogP contribution in [-0.2, 0) is 11.3 Å². The lowest BCUT2D eigenvalue weighted by Gasteiger charge is -2.44. The van der Waals surface area contributed by atoms with Gasteiger partial charge in [-0.2, -0.15) is 13.9 Å². The van der Waals surface area contributed by atoms with Crippen LogP contribution in [0.2, 0.25) is 0 Å². The predicted octanol–water partition coefficient (Wildman–Crippen LogP) is 3.80. The highest BCUT2D eigenvalue weighted by Crippen LogP contribution is 2.41. The second-order valence-electron chi connectivity index (χ2n) is 10.2. The summed E-state index contributed by atoms with van der Waals surface area (Å²) in [6, 6.07) is 8.91. The summed E-state index contributed by atoms with van der Waals surface area (Å²) in [5, 5.41) is 8.03. The molecule has 1 aromatic heterocycles. The van der Waals surface area contributed by atoms with Crippen LogP contribution in [-0.4, -0.2) is 65.3 Å². The van der Waals surface area contributed by atoms with E-state index >= 15 is 0 Å². The molecule has 42 heavy (non-hydrogen) atoms. The van der Waals surface area contributed by atoms with Crippen molar-refractivity contribution < 1.29 is 18.3 Å². The lowest BCUT2D eigenvalue weighted by Crippen LogP contribution is -2.55. The third-order valence-corrected chi connectivity index (χ3v) is 7.39. The number of rotatable bonds is 9. The van der Waals surface area contributed by atoms with E-state index in [-0.39, 0.29) is 29.4 Å². The molecule has 4 rings (SSSR count). The van der Waals surface area contributed by atoms with Gasteiger partial charge in [-0.1, -0.05) is 12.6 Å². The normalized spacial score (nSPS) is 18.4. The summed E-state index contributed by atoms with van der Waals surface area (Å²) >= 11 is 0. The molecule has 1 aliphatic heterocycles. The molecule has 11 nitrogen and oxygen atoms in total. The first-order valence-electron chi connectivity index (χ1n) is 13.6. The minimum Gasteiger partial charge on any atom is -0.432 e. The number of piperazine rings is 1. The fourth-order valence-electron chi connectivity index (χ4n) is 4.97. The number of amidine groups is 1. The quantitative estimate of drug-likeness (QED) is 0.0984. The summed E-state index contributed by atoms with van der Waals surface area (Å²) in [6.07, 6.45) is 4.36. The topological polar surface area (TPSA) is 139 Å². The zero-order valence-electron chi connectivity index (χ0n) is 24.1. The van der Waals surface area contributed by atoms with Crippen LogP contribution in [0.4, 0.5) is 25.8 Å². The van der Waals surface area contributed by atoms with Crippen molar-refractivity contribution in [3.8, 4) is 5.75 Å². The standard InChI is InChI=1S/C29H37F2N9O2/c1-6-28(41)36-22-12-23(26(42-29(30)31)13-25(22)39-15-17(3)38(5)18(4)16-39)35-27(37-33)11-21(32)19-8-9-24-20(10-19)14-34-40(24)7-2/h6,8-14,17-18,29H,1,7,15-16,32-33H2,2-5H3,(H,35,37)(H,36,41)/t17-,18+. The number of nitrogens with one attached hydrogen (secondary N) is 2. The number of nitrogens with zero attached hydrogens (tertiary/aromatic N) is 5. The number of hydrogen-bond donors (Lipinski definition) is 4. The van der Waals surface area contributed by atoms with Crippen LogP contribution in [0.3, 0.4) is 0 Å². The average Bonchev–Trinajstić information content (AvgIpc) is 3.38. The molecule has 2 heterocycles. The Hall–Kier alpha value is -4.49. The number of halogens is 2. The van der Waals surface area contributed by atoms with E-state index in [4.69, 9.17) is 16.3 Å². The third-order valence-electron chi connectivity index (χ3n) is 7.39. The van der Waals surface area contributed by atoms with E-state index in [9.17, 15) is 13.6 Å². The van der Waals surface area contributed by atoms with Crippen molar-refractivity contribution in [3.63, 3.8) is 0 Å². The van der Waals surface area contributed by atoms with Crippen molar-refractivity contribution in [2.75, 3.05) is 30.4 Å². The molecule has 1 aliphatic rings. The number of likely N-dealkylation sites (N-methyl/N-ethyl adjacent to an activating group) is 1. The summed E-state index contributed by atoms with van der Waals surface area (Å²) in [5.41, 5.74) is 11.7. The van der Waals surface area contributed by atoms with E-state index in [2.05, 4.69) is 46.2 Å². The molecular formula is C29H37F2N9O2. The molecule has 0 aliphatic carbocycles. The highest BCUT2D eigenvalue weighted by molar-refractivity contribution is 6.03. The van der Waals surface area contributed by atoms with Gasteiger partial charge in [0.25, 0.3) is 0 Å². The number of hydrogen-bond acceptors (Lipinski definition) is 8. The number of carbonyl (C=O) groups is 1. The van der Waals surface area contributed by atoms with Crippen molar-refractivity contribution in [1.29, 1.82) is 0 Å². The van der Waals surface area contributed by atoms with E-state index in [1.54, 1.807) is 6.20 Å². The molecule has 0 saturated carbocycles. The third kappa shape index (κ3) is 6.69. The van der Waals surface area contributed by atoms with Gasteiger partial charge >= 0.3 is 6.61 Å². The first kappa shape index (κ1) is 30.5. The van der Waals surface area contributed by atoms with Crippen LogP contribution in [0.15, 0.2) is 60.3 Å². The van der Waals surface area contributed by atoms with Crippen molar-refractivity contribution in [2.45, 2.75) is 46.0 Å². The van der Waals surface area contributed by atoms with Gasteiger partial charge in [0.15, 0.2) is 5.75 Å². The minimum absolute atomic E-state index is 0.00492. The molecule has 0 spiro atoms. The average molecular weight is 582 g/mol. The van der Waals surface area contributed by atoms with Crippen LogP contribution >= 0.6 is 0 Å². The van der Waals surface area contributed by atoms with Crippen LogP contribution in [0.5, 0.6) is 5.75 Å². The van der Waals surface area contributed by atoms with Gasteiger partial charge in [-0.05, 0) is 57.7 Å². The Morgan fingerprint density at radius 1 is 1.26 bits per heavy atom. The van der Waals surface area contributed by atoms with E-state index in [0.717, 1.165) is 23.5 Å². The molecule has 224 valence electrons. The number of aliphatic imine (C=N–C) groups is 1. The van der Waals surface area contributed by atoms with E-state index in [1.165, 1.54) is 18.2 Å². The molecule has 1 amide bonds. The van der Waals surface area contributed by atoms with E-state index < -0.39 is 12.5 Å². The number of fused-ring (bicyclic) bond motifs is 1. The first-order chi connectivity index (χ1) is 20.0. The Morgan fingerprint density at radius 3 is 2.60 bits per heavy atom. The van der Waals surface area contributed by atoms with Gasteiger partial charge in [0.1, 0.15) is 11.5 Å². The number of nitrogens with two attached hydrogens (primary N) is 2. The molecule has 2 atom stereocenters. The maximum Gasteiger partial charge on any atom is 0.387 e. The summed E-state index contributed by atoms with van der Waals surface area (Å²) in [7, 11) is 2.03. The van der Waals surface area contributed by atoms with Gasteiger partial charge in [-0.15, -0.1) is 0 Å². The number of aryl methyl sites for hydroxylation is 1. The van der Waals surface area contributed by atoms with Gasteiger partial charge in [-0.25, -0.2) is 10.8 Å². The monoisotopic (exact) mass is 581 g/mol. The number of carbonyl (C=O) groups excluding carboxylic acids is 1. The second-order valence-corrected chi connectivity index (χ2v) is 10.2. The van der Waals surface area contributed by atoms with E-state index in [1.807, 2.05) is 41.8 Å². The predicted molar refractivity (Wildman–Crippen MR) is 163 cm³/mol. The molecule has 6 N–H and O–H groups in total. The Kier molecular flexibility index (Phi) is 9.43. The maximum atomic E-state index is 13.6. The lowest BCUT2D eigenvalue weighted by atomic mass is 10.1. The van der Waals surface area contributed by atoms with Crippen molar-refractivity contribution >= 4 is 45.4 Å². The number of ether oxygens (including phenoxy) is 1. The Balaban J connectivity index is 1.78. The second kappa shape index (κ2) is 13.0. The maximum absolute atomic E-state index is 13.6. The molecule has 13 heteroatoms. The van der Waals surface area contributed by atoms with Crippen LogP contribution in [0.25, 0.3) is 16.6 Å². The Bertz CT molecular complexity index is 1510. The number of anilines is 2. The highest BCUT2D eigenvalue weighted by atomic mass is 19.3. The van der Waals surface area contributed by atoms with E-state index in [0.29, 0.717) is 35.7 Å². The van der Waals surface area contributed by atoms with Crippen molar-refractivity contribution in [3.05, 3.63) is 60.8 Å². The van der Waals surface area contributed by atoms with Gasteiger partial charge in [0.05, 0.1) is 23.1 Å². The molecule has 1 fully saturated rings. The number of benzene rings is 2. The number of amides is 1. The molecule has 0 unspecified atom stereocenters. The number of hydrazine groups is 1. The summed E-state index contributed by atoms with van der Waals surface area (Å²) in [4.78, 5) is 21.1. The van der Waals surface area contributed by atoms with Gasteiger partial charge in [0.2, 0.25) is 5.91 Å². The summed E-state index contributed by atoms with van der Waals surface area (Å²) in [5.74, 6) is 5.18. The van der Waals surface area contributed by atoms with Crippen molar-refractivity contribution in [1.82, 2.24) is 20.1 Å². The highest BCUT2D eigenvalue weighted by Gasteiger charge is 2.29. The summed E-state index contributed by atoms with van der Waals surface area (Å²) in [6.45, 7) is 8.49. The first-order valence-corrected chi connectivity index (χ1v) is 13.6. The van der Waals surface area contributed by atoms with Gasteiger partial charge in [0, 0.05) is 54.9 Å². The fourth-order valence-corrected chi connectivity index (χ4v) is 4.97. The van der Waals surface area contributed by atoms with Crippen LogP contribution in [0, 0.1) is 0 Å². The molecular weight excluding hydrogens is 544 g/mol. The molecule has 0 bridgehead atoms. The Labute approximate surface area is 243 Å². The zero-order chi connectivity index (χ0) is 30.6. The smallest absolute Gasteiger partial charge is 0.387 e. The zero-order valence-corrected chi connectivity index (χ0v) is 24.1. The number of aromatic nitrogens is 2. The minimum atomic E-state index is -3.11. The van der Waals surface area contributed by atoms with Crippen LogP contribution in [0.1, 0.15) is 26.3 Å². The van der Waals surface area contributed by atoms with Crippen LogP contribution < -0.4 is 32.0 Å².